The first kappa shape index (κ1) is 29.9. The number of fused-ring (bicyclic) bond motifs is 3. The van der Waals surface area contributed by atoms with Crippen LogP contribution in [-0.2, 0) is 36.7 Å². The molecule has 0 aromatic carbocycles. The first-order valence-corrected chi connectivity index (χ1v) is 15.2. The number of hydrogen-bond donors (Lipinski definition) is 7. The number of nitrogen functional groups attached to an aromatic ring is 1. The van der Waals surface area contributed by atoms with Crippen LogP contribution in [0.2, 0.25) is 0 Å². The molecule has 3 fully saturated rings. The van der Waals surface area contributed by atoms with Crippen LogP contribution in [-0.4, -0.2) is 98.9 Å². The largest absolute Gasteiger partial charge is 0.472 e. The number of anilines is 1. The van der Waals surface area contributed by atoms with Crippen LogP contribution in [0.3, 0.4) is 0 Å². The van der Waals surface area contributed by atoms with Gasteiger partial charge in [-0.3, -0.25) is 46.8 Å². The van der Waals surface area contributed by atoms with Crippen LogP contribution in [0.5, 0.6) is 0 Å². The minimum atomic E-state index is -5.10. The van der Waals surface area contributed by atoms with E-state index in [0.717, 1.165) is 27.7 Å². The molecule has 0 aliphatic carbocycles. The van der Waals surface area contributed by atoms with Crippen LogP contribution in [0.1, 0.15) is 12.5 Å². The Labute approximate surface area is 236 Å². The summed E-state index contributed by atoms with van der Waals surface area (Å²) in [6, 6.07) is 0.947. The number of phosphoric acid groups is 2. The van der Waals surface area contributed by atoms with Gasteiger partial charge in [0.2, 0.25) is 5.95 Å². The van der Waals surface area contributed by atoms with Gasteiger partial charge < -0.3 is 35.2 Å². The van der Waals surface area contributed by atoms with Crippen molar-refractivity contribution in [3.63, 3.8) is 0 Å². The average molecular weight is 651 g/mol. The highest BCUT2D eigenvalue weighted by Gasteiger charge is 2.53. The molecule has 3 aromatic rings. The Morgan fingerprint density at radius 3 is 2.02 bits per heavy atom. The van der Waals surface area contributed by atoms with Crippen LogP contribution in [0.15, 0.2) is 33.0 Å². The zero-order valence-corrected chi connectivity index (χ0v) is 23.1. The van der Waals surface area contributed by atoms with Gasteiger partial charge in [0.15, 0.2) is 23.6 Å². The van der Waals surface area contributed by atoms with Gasteiger partial charge in [-0.1, -0.05) is 0 Å². The summed E-state index contributed by atoms with van der Waals surface area (Å²) in [4.78, 5) is 68.8. The number of rotatable bonds is 2. The predicted molar refractivity (Wildman–Crippen MR) is 135 cm³/mol. The van der Waals surface area contributed by atoms with Crippen molar-refractivity contribution >= 4 is 32.8 Å². The van der Waals surface area contributed by atoms with E-state index in [1.165, 1.54) is 0 Å². The monoisotopic (exact) mass is 651 g/mol. The van der Waals surface area contributed by atoms with E-state index < -0.39 is 94.7 Å². The molecular weight excluding hydrogens is 628 g/mol. The summed E-state index contributed by atoms with van der Waals surface area (Å²) in [5.74, 6) is -0.285. The van der Waals surface area contributed by atoms with Gasteiger partial charge in [-0.2, -0.15) is 4.98 Å². The molecule has 0 amide bonds. The van der Waals surface area contributed by atoms with E-state index in [1.54, 1.807) is 0 Å². The van der Waals surface area contributed by atoms with Crippen molar-refractivity contribution < 1.29 is 56.7 Å². The van der Waals surface area contributed by atoms with E-state index in [-0.39, 0.29) is 17.1 Å². The molecular formula is C19H23N7O15P2. The number of nitrogens with zero attached hydrogens (tertiary/aromatic N) is 4. The third kappa shape index (κ3) is 5.64. The van der Waals surface area contributed by atoms with Gasteiger partial charge in [0.05, 0.1) is 19.5 Å². The Morgan fingerprint density at radius 1 is 0.907 bits per heavy atom. The Kier molecular flexibility index (Phi) is 7.52. The highest BCUT2D eigenvalue weighted by molar-refractivity contribution is 7.47. The molecule has 4 unspecified atom stereocenters. The van der Waals surface area contributed by atoms with Gasteiger partial charge in [-0.25, -0.2) is 18.9 Å². The highest BCUT2D eigenvalue weighted by atomic mass is 31.2. The summed E-state index contributed by atoms with van der Waals surface area (Å²) in [6.45, 7) is -1.79. The van der Waals surface area contributed by atoms with Gasteiger partial charge in [-0.05, 0) is 0 Å². The molecule has 3 saturated heterocycles. The van der Waals surface area contributed by atoms with Crippen molar-refractivity contribution in [1.29, 1.82) is 0 Å². The zero-order chi connectivity index (χ0) is 30.8. The lowest BCUT2D eigenvalue weighted by Gasteiger charge is -2.27. The molecule has 22 nitrogen and oxygen atoms in total. The average Bonchev–Trinajstić information content (AvgIpc) is 3.56. The van der Waals surface area contributed by atoms with Crippen molar-refractivity contribution in [2.75, 3.05) is 18.9 Å². The fourth-order valence-corrected chi connectivity index (χ4v) is 6.82. The summed E-state index contributed by atoms with van der Waals surface area (Å²) >= 11 is 0. The fourth-order valence-electron chi connectivity index (χ4n) is 4.89. The standard InChI is InChI=1S/C19H23N7O15P2/c20-18-23-14-9(15(30)24-18)21-5-26(14)17-11(29)13-7(39-17)4-37-42(32,33)40-12-6(3-36-43(34,35)41-13)38-16(10(12)28)25-2-1-8(27)22-19(25)31/h1-2,5-7,10-13,16-17,28-29H,3-4H2,(H,32,33)(H,34,35)(H,22,27,31)(H3,20,23,24,30)/t6-,7-,10+,11+,12?,13?,16-,17-/m1/s1. The second-order valence-corrected chi connectivity index (χ2v) is 12.4. The van der Waals surface area contributed by atoms with Gasteiger partial charge >= 0.3 is 21.3 Å². The third-order valence-electron chi connectivity index (χ3n) is 6.78. The number of ether oxygens (including phenoxy) is 2. The van der Waals surface area contributed by atoms with Crippen LogP contribution >= 0.6 is 15.6 Å². The summed E-state index contributed by atoms with van der Waals surface area (Å²) in [6.07, 6.45) is -11.3. The number of H-pyrrole nitrogens is 2. The molecule has 6 heterocycles. The molecule has 10 atom stereocenters. The number of imidazole rings is 1. The number of aromatic amines is 2. The van der Waals surface area contributed by atoms with E-state index in [1.807, 2.05) is 4.98 Å². The first-order chi connectivity index (χ1) is 20.2. The zero-order valence-electron chi connectivity index (χ0n) is 21.3. The summed E-state index contributed by atoms with van der Waals surface area (Å²) in [5.41, 5.74) is 2.85. The predicted octanol–water partition coefficient (Wildman–Crippen LogP) is -3.21. The Bertz CT molecular complexity index is 1820. The number of aliphatic hydroxyl groups is 2. The third-order valence-corrected chi connectivity index (χ3v) is 8.75. The van der Waals surface area contributed by atoms with Crippen molar-refractivity contribution in [3.05, 3.63) is 49.8 Å². The smallest absolute Gasteiger partial charge is 0.386 e. The van der Waals surface area contributed by atoms with Crippen LogP contribution < -0.4 is 22.5 Å². The Balaban J connectivity index is 1.29. The molecule has 3 aromatic heterocycles. The van der Waals surface area contributed by atoms with E-state index >= 15 is 0 Å². The minimum absolute atomic E-state index is 0.127. The second-order valence-electron chi connectivity index (χ2n) is 9.57. The lowest BCUT2D eigenvalue weighted by molar-refractivity contribution is -0.0675. The molecule has 3 aliphatic heterocycles. The quantitative estimate of drug-likeness (QED) is 0.134. The normalized spacial score (nSPS) is 38.7. The second kappa shape index (κ2) is 10.8. The van der Waals surface area contributed by atoms with Crippen molar-refractivity contribution in [2.24, 2.45) is 0 Å². The Hall–Kier alpha value is -3.11. The molecule has 0 saturated carbocycles. The molecule has 43 heavy (non-hydrogen) atoms. The molecule has 6 rings (SSSR count). The summed E-state index contributed by atoms with van der Waals surface area (Å²) < 4.78 is 59.3. The maximum absolute atomic E-state index is 12.9. The number of nitrogens with two attached hydrogens (primary N) is 1. The van der Waals surface area contributed by atoms with Crippen LogP contribution in [0.25, 0.3) is 11.2 Å². The molecule has 234 valence electrons. The van der Waals surface area contributed by atoms with Crippen LogP contribution in [0, 0.1) is 0 Å². The molecule has 8 N–H and O–H groups in total. The number of aliphatic hydroxyl groups excluding tert-OH is 2. The van der Waals surface area contributed by atoms with Crippen molar-refractivity contribution in [3.8, 4) is 0 Å². The van der Waals surface area contributed by atoms with Crippen LogP contribution in [0.4, 0.5) is 5.95 Å². The van der Waals surface area contributed by atoms with Crippen molar-refractivity contribution in [1.82, 2.24) is 29.1 Å². The lowest BCUT2D eigenvalue weighted by atomic mass is 10.1. The number of phosphoric ester groups is 2. The van der Waals surface area contributed by atoms with E-state index in [4.69, 9.17) is 33.3 Å². The molecule has 0 bridgehead atoms. The highest BCUT2D eigenvalue weighted by Crippen LogP contribution is 2.53. The number of hydrogen-bond acceptors (Lipinski definition) is 16. The van der Waals surface area contributed by atoms with E-state index in [9.17, 15) is 43.5 Å². The van der Waals surface area contributed by atoms with E-state index in [2.05, 4.69) is 15.0 Å². The fraction of sp³-hybridized carbons (Fsp3) is 0.526. The maximum atomic E-state index is 12.9. The molecule has 3 aliphatic rings. The van der Waals surface area contributed by atoms with Gasteiger partial charge in [0.1, 0.15) is 36.6 Å². The van der Waals surface area contributed by atoms with Gasteiger partial charge in [0, 0.05) is 12.3 Å². The molecule has 0 spiro atoms. The minimum Gasteiger partial charge on any atom is -0.386 e. The van der Waals surface area contributed by atoms with Crippen molar-refractivity contribution in [2.45, 2.75) is 49.1 Å². The number of aromatic nitrogens is 6. The van der Waals surface area contributed by atoms with E-state index in [0.29, 0.717) is 0 Å². The molecule has 0 radical (unpaired) electrons. The Morgan fingerprint density at radius 2 is 1.47 bits per heavy atom. The SMILES string of the molecule is Nc1nc2c(ncn2[C@@H]2O[C@@H]3COP(=O)(O)OC4[C@@H](COP(=O)(O)OC3[C@@H]2O)O[C@@H](n2ccc(=O)[nH]c2=O)[C@H]4O)c(=O)[nH]1. The summed E-state index contributed by atoms with van der Waals surface area (Å²) in [7, 11) is -10.2. The topological polar surface area (TPSA) is 315 Å². The lowest BCUT2D eigenvalue weighted by Crippen LogP contribution is -2.40. The van der Waals surface area contributed by atoms with Gasteiger partial charge in [0.25, 0.3) is 11.1 Å². The maximum Gasteiger partial charge on any atom is 0.472 e. The summed E-state index contributed by atoms with van der Waals surface area (Å²) in [5, 5.41) is 21.9. The first-order valence-electron chi connectivity index (χ1n) is 12.3. The van der Waals surface area contributed by atoms with Gasteiger partial charge in [-0.15, -0.1) is 0 Å². The molecule has 24 heteroatoms. The number of nitrogens with one attached hydrogen (secondary N) is 2.